The van der Waals surface area contributed by atoms with Crippen LogP contribution in [0.15, 0.2) is 54.9 Å². The molecule has 1 heterocycles. The molecule has 0 aliphatic carbocycles. The van der Waals surface area contributed by atoms with Crippen LogP contribution in [0, 0.1) is 0 Å². The van der Waals surface area contributed by atoms with Gasteiger partial charge in [0, 0.05) is 17.4 Å². The van der Waals surface area contributed by atoms with Crippen LogP contribution in [-0.4, -0.2) is 9.97 Å². The lowest BCUT2D eigenvalue weighted by Gasteiger charge is -2.13. The Kier molecular flexibility index (Phi) is 3.15. The highest BCUT2D eigenvalue weighted by molar-refractivity contribution is 6.30. The van der Waals surface area contributed by atoms with Crippen molar-refractivity contribution < 1.29 is 0 Å². The minimum Gasteiger partial charge on any atom is -0.320 e. The van der Waals surface area contributed by atoms with Crippen molar-refractivity contribution in [3.8, 4) is 0 Å². The monoisotopic (exact) mass is 269 g/mol. The summed E-state index contributed by atoms with van der Waals surface area (Å²) >= 11 is 5.99. The quantitative estimate of drug-likeness (QED) is 0.776. The number of rotatable bonds is 2. The Hall–Kier alpha value is -1.97. The Morgan fingerprint density at radius 1 is 0.895 bits per heavy atom. The number of halogens is 1. The summed E-state index contributed by atoms with van der Waals surface area (Å²) in [7, 11) is 0. The van der Waals surface area contributed by atoms with E-state index in [1.165, 1.54) is 0 Å². The van der Waals surface area contributed by atoms with Crippen molar-refractivity contribution in [2.45, 2.75) is 6.04 Å². The lowest BCUT2D eigenvalue weighted by molar-refractivity contribution is 0.873. The summed E-state index contributed by atoms with van der Waals surface area (Å²) in [4.78, 5) is 8.54. The highest BCUT2D eigenvalue weighted by Gasteiger charge is 2.10. The van der Waals surface area contributed by atoms with Crippen molar-refractivity contribution >= 4 is 22.6 Å². The van der Waals surface area contributed by atoms with Crippen LogP contribution < -0.4 is 5.73 Å². The molecule has 3 nitrogen and oxygen atoms in total. The van der Waals surface area contributed by atoms with E-state index in [4.69, 9.17) is 17.3 Å². The second kappa shape index (κ2) is 4.96. The summed E-state index contributed by atoms with van der Waals surface area (Å²) < 4.78 is 0. The van der Waals surface area contributed by atoms with E-state index >= 15 is 0 Å². The van der Waals surface area contributed by atoms with Crippen LogP contribution in [0.5, 0.6) is 0 Å². The van der Waals surface area contributed by atoms with E-state index in [0.29, 0.717) is 5.02 Å². The topological polar surface area (TPSA) is 51.8 Å². The van der Waals surface area contributed by atoms with E-state index in [1.54, 1.807) is 12.4 Å². The molecule has 0 radical (unpaired) electrons. The zero-order chi connectivity index (χ0) is 13.2. The van der Waals surface area contributed by atoms with E-state index < -0.39 is 0 Å². The van der Waals surface area contributed by atoms with Crippen LogP contribution in [0.1, 0.15) is 17.2 Å². The highest BCUT2D eigenvalue weighted by Crippen LogP contribution is 2.24. The molecule has 0 aliphatic heterocycles. The second-order valence-corrected chi connectivity index (χ2v) is 4.77. The molecule has 3 aromatic rings. The van der Waals surface area contributed by atoms with Crippen LogP contribution in [0.3, 0.4) is 0 Å². The Bertz CT molecular complexity index is 727. The first-order valence-corrected chi connectivity index (χ1v) is 6.33. The van der Waals surface area contributed by atoms with Gasteiger partial charge in [-0.25, -0.2) is 0 Å². The molecule has 0 bridgehead atoms. The van der Waals surface area contributed by atoms with Gasteiger partial charge in [-0.2, -0.15) is 0 Å². The van der Waals surface area contributed by atoms with Gasteiger partial charge in [0.15, 0.2) is 0 Å². The second-order valence-electron chi connectivity index (χ2n) is 4.34. The third kappa shape index (κ3) is 2.43. The Labute approximate surface area is 116 Å². The molecule has 0 amide bonds. The maximum atomic E-state index is 6.27. The van der Waals surface area contributed by atoms with Crippen molar-refractivity contribution in [1.29, 1.82) is 0 Å². The fraction of sp³-hybridized carbons (Fsp3) is 0.0667. The van der Waals surface area contributed by atoms with Gasteiger partial charge in [0.05, 0.1) is 17.1 Å². The smallest absolute Gasteiger partial charge is 0.0890 e. The summed E-state index contributed by atoms with van der Waals surface area (Å²) in [6.45, 7) is 0. The van der Waals surface area contributed by atoms with Gasteiger partial charge in [-0.05, 0) is 35.4 Å². The molecule has 4 heteroatoms. The van der Waals surface area contributed by atoms with Crippen LogP contribution in [-0.2, 0) is 0 Å². The molecule has 1 atom stereocenters. The summed E-state index contributed by atoms with van der Waals surface area (Å²) in [5, 5.41) is 0.688. The first-order chi connectivity index (χ1) is 9.24. The normalized spacial score (nSPS) is 12.5. The fourth-order valence-corrected chi connectivity index (χ4v) is 2.26. The van der Waals surface area contributed by atoms with Crippen molar-refractivity contribution in [3.05, 3.63) is 71.0 Å². The third-order valence-corrected chi connectivity index (χ3v) is 3.30. The highest BCUT2D eigenvalue weighted by atomic mass is 35.5. The van der Waals surface area contributed by atoms with Gasteiger partial charge in [-0.3, -0.25) is 9.97 Å². The molecule has 94 valence electrons. The Balaban J connectivity index is 2.04. The van der Waals surface area contributed by atoms with E-state index in [-0.39, 0.29) is 6.04 Å². The molecule has 0 saturated heterocycles. The molecule has 0 spiro atoms. The van der Waals surface area contributed by atoms with Gasteiger partial charge < -0.3 is 5.73 Å². The van der Waals surface area contributed by atoms with Crippen molar-refractivity contribution in [2.24, 2.45) is 5.73 Å². The first-order valence-electron chi connectivity index (χ1n) is 5.96. The Morgan fingerprint density at radius 3 is 2.42 bits per heavy atom. The molecule has 0 fully saturated rings. The predicted molar refractivity (Wildman–Crippen MR) is 77.0 cm³/mol. The summed E-state index contributed by atoms with van der Waals surface area (Å²) in [6.07, 6.45) is 3.36. The summed E-state index contributed by atoms with van der Waals surface area (Å²) in [5.74, 6) is 0. The lowest BCUT2D eigenvalue weighted by Crippen LogP contribution is -2.11. The summed E-state index contributed by atoms with van der Waals surface area (Å²) in [6, 6.07) is 13.2. The zero-order valence-corrected chi connectivity index (χ0v) is 10.9. The minimum atomic E-state index is -0.217. The SMILES string of the molecule is NC(c1cccc(Cl)c1)c1ccc2nccnc2c1. The Morgan fingerprint density at radius 2 is 1.63 bits per heavy atom. The first kappa shape index (κ1) is 12.1. The number of hydrogen-bond acceptors (Lipinski definition) is 3. The standard InChI is InChI=1S/C15H12ClN3/c16-12-3-1-2-10(8-12)15(17)11-4-5-13-14(9-11)19-7-6-18-13/h1-9,15H,17H2. The van der Waals surface area contributed by atoms with Gasteiger partial charge in [0.25, 0.3) is 0 Å². The predicted octanol–water partition coefficient (Wildman–Crippen LogP) is 3.33. The van der Waals surface area contributed by atoms with Crippen molar-refractivity contribution in [2.75, 3.05) is 0 Å². The van der Waals surface area contributed by atoms with E-state index in [2.05, 4.69) is 9.97 Å². The van der Waals surface area contributed by atoms with Gasteiger partial charge >= 0.3 is 0 Å². The molecular formula is C15H12ClN3. The van der Waals surface area contributed by atoms with Crippen molar-refractivity contribution in [3.63, 3.8) is 0 Å². The molecule has 2 aromatic carbocycles. The summed E-state index contributed by atoms with van der Waals surface area (Å²) in [5.41, 5.74) is 9.96. The van der Waals surface area contributed by atoms with Gasteiger partial charge in [-0.15, -0.1) is 0 Å². The number of nitrogens with zero attached hydrogens (tertiary/aromatic N) is 2. The largest absolute Gasteiger partial charge is 0.320 e. The van der Waals surface area contributed by atoms with Crippen molar-refractivity contribution in [1.82, 2.24) is 9.97 Å². The fourth-order valence-electron chi connectivity index (χ4n) is 2.07. The minimum absolute atomic E-state index is 0.217. The van der Waals surface area contributed by atoms with Gasteiger partial charge in [0.2, 0.25) is 0 Å². The molecule has 1 aromatic heterocycles. The average molecular weight is 270 g/mol. The zero-order valence-electron chi connectivity index (χ0n) is 10.1. The van der Waals surface area contributed by atoms with Crippen LogP contribution in [0.4, 0.5) is 0 Å². The maximum Gasteiger partial charge on any atom is 0.0890 e. The lowest BCUT2D eigenvalue weighted by atomic mass is 9.99. The van der Waals surface area contributed by atoms with Gasteiger partial charge in [-0.1, -0.05) is 29.8 Å². The number of hydrogen-bond donors (Lipinski definition) is 1. The van der Waals surface area contributed by atoms with Crippen LogP contribution in [0.2, 0.25) is 5.02 Å². The van der Waals surface area contributed by atoms with E-state index in [9.17, 15) is 0 Å². The molecule has 3 rings (SSSR count). The van der Waals surface area contributed by atoms with E-state index in [0.717, 1.165) is 22.2 Å². The van der Waals surface area contributed by atoms with Gasteiger partial charge in [0.1, 0.15) is 0 Å². The number of aromatic nitrogens is 2. The van der Waals surface area contributed by atoms with Crippen LogP contribution in [0.25, 0.3) is 11.0 Å². The molecule has 1 unspecified atom stereocenters. The van der Waals surface area contributed by atoms with E-state index in [1.807, 2.05) is 42.5 Å². The number of nitrogens with two attached hydrogens (primary N) is 1. The molecule has 0 saturated carbocycles. The number of benzene rings is 2. The third-order valence-electron chi connectivity index (χ3n) is 3.06. The molecule has 0 aliphatic rings. The number of fused-ring (bicyclic) bond motifs is 1. The molecule has 2 N–H and O–H groups in total. The van der Waals surface area contributed by atoms with Crippen LogP contribution >= 0.6 is 11.6 Å². The molecule has 19 heavy (non-hydrogen) atoms. The average Bonchev–Trinajstić information content (AvgIpc) is 2.46. The maximum absolute atomic E-state index is 6.27. The molecular weight excluding hydrogens is 258 g/mol.